The van der Waals surface area contributed by atoms with Gasteiger partial charge in [-0.05, 0) is 47.9 Å². The van der Waals surface area contributed by atoms with E-state index in [0.717, 1.165) is 17.7 Å². The molecule has 0 heterocycles. The molecule has 1 heteroatoms. The van der Waals surface area contributed by atoms with Gasteiger partial charge in [-0.25, -0.2) is 0 Å². The molecule has 0 saturated carbocycles. The van der Waals surface area contributed by atoms with E-state index in [1.54, 1.807) is 0 Å². The Morgan fingerprint density at radius 1 is 1.40 bits per heavy atom. The maximum atomic E-state index is 4.04. The first kappa shape index (κ1) is 11.7. The molecule has 1 aromatic carbocycles. The molecule has 0 aliphatic rings. The number of benzene rings is 1. The number of aryl methyl sites for hydroxylation is 1. The van der Waals surface area contributed by atoms with E-state index >= 15 is 0 Å². The third-order valence-corrected chi connectivity index (χ3v) is 2.68. The Kier molecular flexibility index (Phi) is 3.84. The second kappa shape index (κ2) is 4.92. The summed E-state index contributed by atoms with van der Waals surface area (Å²) in [7, 11) is 0. The lowest BCUT2D eigenvalue weighted by molar-refractivity contribution is 0.844. The van der Waals surface area contributed by atoms with E-state index < -0.39 is 0 Å². The van der Waals surface area contributed by atoms with E-state index in [9.17, 15) is 0 Å². The van der Waals surface area contributed by atoms with Gasteiger partial charge in [-0.1, -0.05) is 33.4 Å². The molecule has 1 nitrogen and oxygen atoms in total. The maximum Gasteiger partial charge on any atom is 0.0697 e. The van der Waals surface area contributed by atoms with Crippen molar-refractivity contribution in [3.63, 3.8) is 0 Å². The van der Waals surface area contributed by atoms with Gasteiger partial charge >= 0.3 is 0 Å². The molecule has 1 aromatic rings. The summed E-state index contributed by atoms with van der Waals surface area (Å²) in [5.74, 6) is 0.527. The average molecular weight is 201 g/mol. The lowest BCUT2D eigenvalue weighted by Gasteiger charge is -2.14. The minimum Gasteiger partial charge on any atom is -0.264 e. The van der Waals surface area contributed by atoms with Crippen LogP contribution in [0.15, 0.2) is 23.7 Å². The first-order valence-corrected chi connectivity index (χ1v) is 5.40. The van der Waals surface area contributed by atoms with Gasteiger partial charge in [-0.15, -0.1) is 0 Å². The minimum atomic E-state index is 0.527. The Hall–Kier alpha value is -1.37. The summed E-state index contributed by atoms with van der Waals surface area (Å²) >= 11 is 0. The minimum absolute atomic E-state index is 0.527. The van der Waals surface area contributed by atoms with E-state index in [1.807, 2.05) is 6.08 Å². The average Bonchev–Trinajstić information content (AvgIpc) is 2.26. The summed E-state index contributed by atoms with van der Waals surface area (Å²) in [5.41, 5.74) is 4.76. The molecule has 0 atom stereocenters. The molecule has 0 fully saturated rings. The summed E-state index contributed by atoms with van der Waals surface area (Å²) in [6, 6.07) is 4.31. The first-order chi connectivity index (χ1) is 7.13. The molecule has 15 heavy (non-hydrogen) atoms. The van der Waals surface area contributed by atoms with Crippen LogP contribution in [0, 0.1) is 0 Å². The molecular weight excluding hydrogens is 182 g/mol. The summed E-state index contributed by atoms with van der Waals surface area (Å²) in [6.45, 7) is 14.0. The number of hydrogen-bond acceptors (Lipinski definition) is 1. The van der Waals surface area contributed by atoms with Gasteiger partial charge in [0, 0.05) is 0 Å². The summed E-state index contributed by atoms with van der Waals surface area (Å²) in [6.07, 6.45) is 2.89. The molecule has 0 N–H and O–H groups in total. The van der Waals surface area contributed by atoms with Crippen molar-refractivity contribution in [3.05, 3.63) is 35.4 Å². The zero-order valence-electron chi connectivity index (χ0n) is 9.88. The Morgan fingerprint density at radius 3 is 2.47 bits per heavy atom. The highest BCUT2D eigenvalue weighted by molar-refractivity contribution is 5.67. The molecule has 0 amide bonds. The third kappa shape index (κ3) is 2.35. The van der Waals surface area contributed by atoms with Gasteiger partial charge < -0.3 is 0 Å². The zero-order valence-corrected chi connectivity index (χ0v) is 9.88. The fourth-order valence-electron chi connectivity index (χ4n) is 1.81. The van der Waals surface area contributed by atoms with Crippen LogP contribution in [-0.4, -0.2) is 6.72 Å². The standard InChI is InChI=1S/C14H19N/c1-6-11-8-12(7-2)14(15-5)9-13(11)10(3)4/h7-10H,2,5-6H2,1,3-4H3. The predicted octanol–water partition coefficient (Wildman–Crippen LogP) is 4.35. The van der Waals surface area contributed by atoms with Crippen LogP contribution in [-0.2, 0) is 6.42 Å². The van der Waals surface area contributed by atoms with Gasteiger partial charge in [0.15, 0.2) is 0 Å². The highest BCUT2D eigenvalue weighted by Gasteiger charge is 2.09. The largest absolute Gasteiger partial charge is 0.264 e. The van der Waals surface area contributed by atoms with Crippen molar-refractivity contribution in [1.29, 1.82) is 0 Å². The van der Waals surface area contributed by atoms with Crippen LogP contribution in [0.3, 0.4) is 0 Å². The van der Waals surface area contributed by atoms with Crippen molar-refractivity contribution >= 4 is 18.5 Å². The molecule has 0 bridgehead atoms. The Balaban J connectivity index is 3.40. The van der Waals surface area contributed by atoms with Crippen molar-refractivity contribution in [2.24, 2.45) is 4.99 Å². The molecule has 0 aromatic heterocycles. The van der Waals surface area contributed by atoms with Crippen LogP contribution >= 0.6 is 0 Å². The van der Waals surface area contributed by atoms with Gasteiger partial charge in [0.2, 0.25) is 0 Å². The van der Waals surface area contributed by atoms with Crippen molar-refractivity contribution in [1.82, 2.24) is 0 Å². The first-order valence-electron chi connectivity index (χ1n) is 5.40. The van der Waals surface area contributed by atoms with Crippen LogP contribution in [0.1, 0.15) is 43.4 Å². The van der Waals surface area contributed by atoms with Crippen molar-refractivity contribution in [2.45, 2.75) is 33.1 Å². The van der Waals surface area contributed by atoms with Crippen LogP contribution in [0.4, 0.5) is 5.69 Å². The van der Waals surface area contributed by atoms with E-state index in [1.165, 1.54) is 11.1 Å². The maximum absolute atomic E-state index is 4.04. The molecular formula is C14H19N. The fraction of sp³-hybridized carbons (Fsp3) is 0.357. The van der Waals surface area contributed by atoms with Crippen LogP contribution < -0.4 is 0 Å². The Morgan fingerprint density at radius 2 is 2.07 bits per heavy atom. The van der Waals surface area contributed by atoms with E-state index in [2.05, 4.69) is 51.2 Å². The monoisotopic (exact) mass is 201 g/mol. The lowest BCUT2D eigenvalue weighted by atomic mass is 9.93. The molecule has 0 saturated heterocycles. The number of rotatable bonds is 4. The lowest BCUT2D eigenvalue weighted by Crippen LogP contribution is -1.96. The van der Waals surface area contributed by atoms with Crippen molar-refractivity contribution < 1.29 is 0 Å². The SMILES string of the molecule is C=Cc1cc(CC)c(C(C)C)cc1N=C. The van der Waals surface area contributed by atoms with Gasteiger partial charge in [0.05, 0.1) is 5.69 Å². The second-order valence-corrected chi connectivity index (χ2v) is 3.98. The molecule has 0 spiro atoms. The topological polar surface area (TPSA) is 12.4 Å². The van der Waals surface area contributed by atoms with E-state index in [0.29, 0.717) is 5.92 Å². The van der Waals surface area contributed by atoms with Gasteiger partial charge in [0.1, 0.15) is 0 Å². The number of aliphatic imine (C=N–C) groups is 1. The fourth-order valence-corrected chi connectivity index (χ4v) is 1.81. The molecule has 0 aliphatic heterocycles. The molecule has 0 aliphatic carbocycles. The third-order valence-electron chi connectivity index (χ3n) is 2.68. The van der Waals surface area contributed by atoms with Gasteiger partial charge in [-0.2, -0.15) is 0 Å². The molecule has 80 valence electrons. The second-order valence-electron chi connectivity index (χ2n) is 3.98. The Labute approximate surface area is 92.6 Å². The van der Waals surface area contributed by atoms with Crippen LogP contribution in [0.25, 0.3) is 6.08 Å². The highest BCUT2D eigenvalue weighted by atomic mass is 14.7. The van der Waals surface area contributed by atoms with E-state index in [-0.39, 0.29) is 0 Å². The van der Waals surface area contributed by atoms with E-state index in [4.69, 9.17) is 0 Å². The summed E-state index contributed by atoms with van der Waals surface area (Å²) in [5, 5.41) is 0. The van der Waals surface area contributed by atoms with Gasteiger partial charge in [-0.3, -0.25) is 4.99 Å². The van der Waals surface area contributed by atoms with Crippen molar-refractivity contribution in [2.75, 3.05) is 0 Å². The molecule has 0 radical (unpaired) electrons. The van der Waals surface area contributed by atoms with Crippen LogP contribution in [0.5, 0.6) is 0 Å². The normalized spacial score (nSPS) is 10.4. The summed E-state index contributed by atoms with van der Waals surface area (Å²) < 4.78 is 0. The van der Waals surface area contributed by atoms with Crippen molar-refractivity contribution in [3.8, 4) is 0 Å². The quantitative estimate of drug-likeness (QED) is 0.642. The molecule has 0 unspecified atom stereocenters. The van der Waals surface area contributed by atoms with Crippen LogP contribution in [0.2, 0.25) is 0 Å². The predicted molar refractivity (Wildman–Crippen MR) is 69.2 cm³/mol. The molecule has 1 rings (SSSR count). The van der Waals surface area contributed by atoms with Gasteiger partial charge in [0.25, 0.3) is 0 Å². The smallest absolute Gasteiger partial charge is 0.0697 e. The Bertz CT molecular complexity index is 375. The zero-order chi connectivity index (χ0) is 11.4. The number of hydrogen-bond donors (Lipinski definition) is 0. The highest BCUT2D eigenvalue weighted by Crippen LogP contribution is 2.29. The summed E-state index contributed by atoms with van der Waals surface area (Å²) in [4.78, 5) is 4.04. The number of nitrogens with zero attached hydrogens (tertiary/aromatic N) is 1.